The Hall–Kier alpha value is -3.75. The van der Waals surface area contributed by atoms with Crippen LogP contribution in [0.15, 0.2) is 102 Å². The van der Waals surface area contributed by atoms with Gasteiger partial charge in [0.05, 0.1) is 6.61 Å². The van der Waals surface area contributed by atoms with Crippen LogP contribution in [0.4, 0.5) is 4.79 Å². The molecule has 1 aromatic heterocycles. The highest BCUT2D eigenvalue weighted by molar-refractivity contribution is 7.58. The summed E-state index contributed by atoms with van der Waals surface area (Å²) in [5, 5.41) is 17.0. The number of ether oxygens (including phenoxy) is 2. The quantitative estimate of drug-likeness (QED) is 0.131. The maximum Gasteiger partial charge on any atom is 0.408 e. The summed E-state index contributed by atoms with van der Waals surface area (Å²) >= 11 is 0. The van der Waals surface area contributed by atoms with Crippen molar-refractivity contribution < 1.29 is 33.4 Å². The maximum absolute atomic E-state index is 13.5. The molecule has 0 radical (unpaired) electrons. The van der Waals surface area contributed by atoms with Crippen molar-refractivity contribution in [3.63, 3.8) is 0 Å². The highest BCUT2D eigenvalue weighted by Crippen LogP contribution is 2.47. The van der Waals surface area contributed by atoms with Gasteiger partial charge < -0.3 is 29.3 Å². The number of aliphatic hydroxyl groups excluding tert-OH is 1. The molecule has 3 atom stereocenters. The maximum atomic E-state index is 13.5. The van der Waals surface area contributed by atoms with E-state index in [1.807, 2.05) is 91.0 Å². The van der Waals surface area contributed by atoms with Crippen LogP contribution >= 0.6 is 7.37 Å². The number of aliphatic hydroxyl groups is 1. The molecule has 0 saturated carbocycles. The molecule has 3 aromatic carbocycles. The fourth-order valence-electron chi connectivity index (χ4n) is 4.03. The van der Waals surface area contributed by atoms with Gasteiger partial charge in [-0.25, -0.2) is 4.79 Å². The van der Waals surface area contributed by atoms with Crippen LogP contribution in [-0.2, 0) is 33.7 Å². The predicted molar refractivity (Wildman–Crippen MR) is 150 cm³/mol. The summed E-state index contributed by atoms with van der Waals surface area (Å²) in [6.45, 7) is 0.198. The van der Waals surface area contributed by atoms with E-state index >= 15 is 0 Å². The fraction of sp³-hybridized carbons (Fsp3) is 0.267. The second-order valence-corrected chi connectivity index (χ2v) is 11.9. The topological polar surface area (TPSA) is 131 Å². The summed E-state index contributed by atoms with van der Waals surface area (Å²) in [5.74, 6) is -0.716. The smallest absolute Gasteiger partial charge is 0.408 e. The van der Waals surface area contributed by atoms with Crippen LogP contribution in [0.2, 0.25) is 0 Å². The largest absolute Gasteiger partial charge is 0.445 e. The first-order valence-corrected chi connectivity index (χ1v) is 14.9. The Morgan fingerprint density at radius 3 is 2.15 bits per heavy atom. The summed E-state index contributed by atoms with van der Waals surface area (Å²) in [7, 11) is -3.98. The Labute approximate surface area is 233 Å². The first-order valence-electron chi connectivity index (χ1n) is 13.0. The minimum atomic E-state index is -3.98. The lowest BCUT2D eigenvalue weighted by Gasteiger charge is -2.25. The molecule has 9 nitrogen and oxygen atoms in total. The minimum absolute atomic E-state index is 0.00413. The van der Waals surface area contributed by atoms with Crippen molar-refractivity contribution in [1.29, 1.82) is 0 Å². The molecule has 0 spiro atoms. The molecule has 10 heteroatoms. The van der Waals surface area contributed by atoms with Crippen molar-refractivity contribution in [1.82, 2.24) is 10.5 Å². The van der Waals surface area contributed by atoms with Crippen LogP contribution < -0.4 is 5.32 Å². The third-order valence-electron chi connectivity index (χ3n) is 6.26. The molecular weight excluding hydrogens is 531 g/mol. The first kappa shape index (κ1) is 29.2. The summed E-state index contributed by atoms with van der Waals surface area (Å²) in [4.78, 5) is 23.6. The van der Waals surface area contributed by atoms with E-state index in [0.717, 1.165) is 16.7 Å². The van der Waals surface area contributed by atoms with Gasteiger partial charge in [-0.15, -0.1) is 0 Å². The van der Waals surface area contributed by atoms with E-state index in [1.165, 1.54) is 0 Å². The second kappa shape index (κ2) is 14.6. The number of hydrogen-bond donors (Lipinski definition) is 3. The van der Waals surface area contributed by atoms with Gasteiger partial charge in [0.2, 0.25) is 7.37 Å². The monoisotopic (exact) mass is 564 g/mol. The minimum Gasteiger partial charge on any atom is -0.445 e. The molecule has 0 bridgehead atoms. The molecular formula is C30H33N2O7P. The van der Waals surface area contributed by atoms with Crippen LogP contribution in [0.5, 0.6) is 0 Å². The number of nitrogens with one attached hydrogen (secondary N) is 1. The zero-order chi connectivity index (χ0) is 28.2. The summed E-state index contributed by atoms with van der Waals surface area (Å²) in [6, 6.07) is 29.7. The van der Waals surface area contributed by atoms with Gasteiger partial charge in [-0.2, -0.15) is 0 Å². The standard InChI is InChI=1S/C30H33N2O7P/c33-29(37-21-23-10-4-1-5-11-23)17-16-28(31-30(34)38-22-24-12-6-2-7-13-24)40(35,36)19-18-26-20-27(32-39-26)25-14-8-3-9-15-25/h1-15,20,28-29,33H,16-19,21-22H2,(H,31,34)(H,35,36). The number of carbonyl (C=O) groups excluding carboxylic acids is 1. The number of alkyl carbamates (subject to hydrolysis) is 1. The van der Waals surface area contributed by atoms with E-state index in [4.69, 9.17) is 14.0 Å². The zero-order valence-electron chi connectivity index (χ0n) is 22.0. The Morgan fingerprint density at radius 2 is 1.50 bits per heavy atom. The second-order valence-electron chi connectivity index (χ2n) is 9.32. The van der Waals surface area contributed by atoms with Gasteiger partial charge in [0.25, 0.3) is 0 Å². The average molecular weight is 565 g/mol. The zero-order valence-corrected chi connectivity index (χ0v) is 22.9. The van der Waals surface area contributed by atoms with Crippen molar-refractivity contribution >= 4 is 13.5 Å². The van der Waals surface area contributed by atoms with E-state index in [1.54, 1.807) is 6.07 Å². The fourth-order valence-corrected chi connectivity index (χ4v) is 5.74. The third-order valence-corrected chi connectivity index (χ3v) is 8.49. The molecule has 3 N–H and O–H groups in total. The molecule has 4 aromatic rings. The van der Waals surface area contributed by atoms with Gasteiger partial charge in [-0.05, 0) is 17.5 Å². The number of hydrogen-bond acceptors (Lipinski definition) is 7. The van der Waals surface area contributed by atoms with Crippen molar-refractivity contribution in [2.75, 3.05) is 6.16 Å². The molecule has 0 fully saturated rings. The van der Waals surface area contributed by atoms with E-state index in [0.29, 0.717) is 11.5 Å². The summed E-state index contributed by atoms with van der Waals surface area (Å²) in [6.07, 6.45) is -2.02. The molecule has 40 heavy (non-hydrogen) atoms. The van der Waals surface area contributed by atoms with Gasteiger partial charge >= 0.3 is 6.09 Å². The van der Waals surface area contributed by atoms with Gasteiger partial charge in [-0.1, -0.05) is 96.2 Å². The van der Waals surface area contributed by atoms with Gasteiger partial charge in [0.1, 0.15) is 23.8 Å². The summed E-state index contributed by atoms with van der Waals surface area (Å²) in [5.41, 5.74) is 3.16. The molecule has 0 aliphatic carbocycles. The Morgan fingerprint density at radius 1 is 0.900 bits per heavy atom. The Kier molecular flexibility index (Phi) is 10.7. The van der Waals surface area contributed by atoms with E-state index in [-0.39, 0.29) is 38.6 Å². The number of nitrogens with zero attached hydrogens (tertiary/aromatic N) is 1. The molecule has 4 rings (SSSR count). The molecule has 1 amide bonds. The molecule has 210 valence electrons. The number of carbonyl (C=O) groups is 1. The van der Waals surface area contributed by atoms with Crippen LogP contribution in [0.1, 0.15) is 29.7 Å². The number of rotatable bonds is 14. The lowest BCUT2D eigenvalue weighted by molar-refractivity contribution is -0.112. The van der Waals surface area contributed by atoms with Gasteiger partial charge in [0.15, 0.2) is 6.29 Å². The van der Waals surface area contributed by atoms with Gasteiger partial charge in [-0.3, -0.25) is 4.57 Å². The van der Waals surface area contributed by atoms with E-state index in [9.17, 15) is 19.4 Å². The number of benzene rings is 3. The Balaban J connectivity index is 1.36. The van der Waals surface area contributed by atoms with Crippen LogP contribution in [0.25, 0.3) is 11.3 Å². The number of amides is 1. The first-order chi connectivity index (χ1) is 19.4. The average Bonchev–Trinajstić information content (AvgIpc) is 3.47. The van der Waals surface area contributed by atoms with Crippen molar-refractivity contribution in [2.24, 2.45) is 0 Å². The van der Waals surface area contributed by atoms with Crippen LogP contribution in [-0.4, -0.2) is 39.5 Å². The molecule has 3 unspecified atom stereocenters. The van der Waals surface area contributed by atoms with E-state index in [2.05, 4.69) is 10.5 Å². The van der Waals surface area contributed by atoms with E-state index < -0.39 is 25.5 Å². The molecule has 0 aliphatic heterocycles. The normalized spacial score (nSPS) is 14.2. The SMILES string of the molecule is O=C(NC(CCC(O)OCc1ccccc1)P(=O)(O)CCc1cc(-c2ccccc2)no1)OCc1ccccc1. The third kappa shape index (κ3) is 9.17. The lowest BCUT2D eigenvalue weighted by atomic mass is 10.1. The molecule has 0 saturated heterocycles. The Bertz CT molecular complexity index is 1370. The van der Waals surface area contributed by atoms with Gasteiger partial charge in [0, 0.05) is 30.6 Å². The predicted octanol–water partition coefficient (Wildman–Crippen LogP) is 5.72. The van der Waals surface area contributed by atoms with Crippen LogP contribution in [0.3, 0.4) is 0 Å². The van der Waals surface area contributed by atoms with Crippen molar-refractivity contribution in [3.05, 3.63) is 114 Å². The number of aromatic nitrogens is 1. The summed E-state index contributed by atoms with van der Waals surface area (Å²) < 4.78 is 29.6. The highest BCUT2D eigenvalue weighted by atomic mass is 31.2. The lowest BCUT2D eigenvalue weighted by Crippen LogP contribution is -2.36. The van der Waals surface area contributed by atoms with Crippen LogP contribution in [0, 0.1) is 0 Å². The highest BCUT2D eigenvalue weighted by Gasteiger charge is 2.33. The molecule has 0 aliphatic rings. The van der Waals surface area contributed by atoms with Crippen molar-refractivity contribution in [2.45, 2.75) is 44.5 Å². The number of aryl methyl sites for hydroxylation is 1. The van der Waals surface area contributed by atoms with Crippen molar-refractivity contribution in [3.8, 4) is 11.3 Å². The molecule has 1 heterocycles.